The van der Waals surface area contributed by atoms with Crippen molar-refractivity contribution in [2.75, 3.05) is 45.8 Å². The van der Waals surface area contributed by atoms with Gasteiger partial charge in [-0.3, -0.25) is 14.5 Å². The molecule has 6 nitrogen and oxygen atoms in total. The molecule has 0 radical (unpaired) electrons. The Morgan fingerprint density at radius 3 is 2.39 bits per heavy atom. The van der Waals surface area contributed by atoms with Crippen LogP contribution in [0.4, 0.5) is 0 Å². The second kappa shape index (κ2) is 9.79. The molecule has 0 N–H and O–H groups in total. The fraction of sp³-hybridized carbons (Fsp3) is 0.400. The van der Waals surface area contributed by atoms with E-state index in [1.165, 1.54) is 17.8 Å². The van der Waals surface area contributed by atoms with Gasteiger partial charge in [0.2, 0.25) is 5.91 Å². The van der Waals surface area contributed by atoms with Gasteiger partial charge >= 0.3 is 0 Å². The second-order valence-electron chi connectivity index (χ2n) is 8.69. The fourth-order valence-electron chi connectivity index (χ4n) is 4.64. The zero-order valence-corrected chi connectivity index (χ0v) is 20.1. The minimum absolute atomic E-state index is 0.0134. The monoisotopic (exact) mass is 482 g/mol. The molecule has 0 aliphatic carbocycles. The van der Waals surface area contributed by atoms with E-state index in [1.54, 1.807) is 0 Å². The maximum Gasteiger partial charge on any atom is 0.254 e. The van der Waals surface area contributed by atoms with Gasteiger partial charge in [-0.1, -0.05) is 29.8 Å². The van der Waals surface area contributed by atoms with Crippen molar-refractivity contribution in [2.24, 2.45) is 0 Å². The average Bonchev–Trinajstić information content (AvgIpc) is 3.30. The fourth-order valence-corrected chi connectivity index (χ4v) is 5.65. The molecule has 8 heteroatoms. The number of carbonyl (C=O) groups is 2. The molecule has 1 aromatic carbocycles. The molecular weight excluding hydrogens is 456 g/mol. The predicted molar refractivity (Wildman–Crippen MR) is 133 cm³/mol. The summed E-state index contributed by atoms with van der Waals surface area (Å²) in [6.07, 6.45) is 3.43. The molecule has 0 saturated carbocycles. The van der Waals surface area contributed by atoms with Crippen molar-refractivity contribution in [3.05, 3.63) is 52.4 Å². The van der Waals surface area contributed by atoms with Crippen LogP contribution < -0.4 is 0 Å². The summed E-state index contributed by atoms with van der Waals surface area (Å²) in [5.41, 5.74) is 2.23. The average molecular weight is 483 g/mol. The Kier molecular flexibility index (Phi) is 6.62. The van der Waals surface area contributed by atoms with E-state index < -0.39 is 0 Å². The number of amides is 2. The van der Waals surface area contributed by atoms with Crippen LogP contribution in [0.1, 0.15) is 29.6 Å². The summed E-state index contributed by atoms with van der Waals surface area (Å²) in [4.78, 5) is 37.9. The molecule has 3 aromatic rings. The first-order valence-electron chi connectivity index (χ1n) is 11.5. The maximum absolute atomic E-state index is 13.6. The van der Waals surface area contributed by atoms with Gasteiger partial charge in [0.05, 0.1) is 32.5 Å². The third-order valence-electron chi connectivity index (χ3n) is 6.50. The number of pyridine rings is 1. The maximum atomic E-state index is 13.6. The van der Waals surface area contributed by atoms with Gasteiger partial charge in [0, 0.05) is 44.7 Å². The lowest BCUT2D eigenvalue weighted by molar-refractivity contribution is -0.133. The van der Waals surface area contributed by atoms with Crippen LogP contribution in [0.2, 0.25) is 4.34 Å². The number of likely N-dealkylation sites (tertiary alicyclic amines) is 1. The summed E-state index contributed by atoms with van der Waals surface area (Å²) in [7, 11) is 0. The van der Waals surface area contributed by atoms with Gasteiger partial charge in [-0.15, -0.1) is 11.3 Å². The summed E-state index contributed by atoms with van der Waals surface area (Å²) in [5, 5.41) is 0.858. The molecule has 4 heterocycles. The first-order valence-corrected chi connectivity index (χ1v) is 12.7. The number of halogens is 1. The number of rotatable bonds is 4. The topological polar surface area (TPSA) is 56.8 Å². The van der Waals surface area contributed by atoms with Crippen LogP contribution in [0.3, 0.4) is 0 Å². The standard InChI is InChI=1S/C25H27ClN4O2S/c26-23-9-8-22(33-23)21-16-19(18-6-2-3-7-20(18)27-21)25(32)30-14-12-28(13-15-30)17-24(31)29-10-4-1-5-11-29/h2-3,6-9,16H,1,4-5,10-15,17H2. The van der Waals surface area contributed by atoms with E-state index in [-0.39, 0.29) is 11.8 Å². The van der Waals surface area contributed by atoms with Crippen LogP contribution in [0.5, 0.6) is 0 Å². The number of para-hydroxylation sites is 1. The molecule has 2 aromatic heterocycles. The lowest BCUT2D eigenvalue weighted by Gasteiger charge is -2.36. The minimum atomic E-state index is 0.0134. The number of piperazine rings is 1. The van der Waals surface area contributed by atoms with Gasteiger partial charge in [-0.05, 0) is 43.5 Å². The first-order chi connectivity index (χ1) is 16.1. The lowest BCUT2D eigenvalue weighted by atomic mass is 10.1. The highest BCUT2D eigenvalue weighted by atomic mass is 35.5. The molecule has 0 unspecified atom stereocenters. The highest BCUT2D eigenvalue weighted by Gasteiger charge is 2.26. The van der Waals surface area contributed by atoms with E-state index in [0.29, 0.717) is 42.6 Å². The number of piperidine rings is 1. The summed E-state index contributed by atoms with van der Waals surface area (Å²) < 4.78 is 0.697. The molecule has 5 rings (SSSR count). The Labute approximate surface area is 202 Å². The van der Waals surface area contributed by atoms with E-state index >= 15 is 0 Å². The zero-order chi connectivity index (χ0) is 22.8. The smallest absolute Gasteiger partial charge is 0.254 e. The van der Waals surface area contributed by atoms with E-state index in [1.807, 2.05) is 52.3 Å². The predicted octanol–water partition coefficient (Wildman–Crippen LogP) is 4.39. The van der Waals surface area contributed by atoms with Gasteiger partial charge in [-0.2, -0.15) is 0 Å². The van der Waals surface area contributed by atoms with Crippen molar-refractivity contribution in [1.82, 2.24) is 19.7 Å². The molecule has 0 bridgehead atoms. The Morgan fingerprint density at radius 1 is 0.909 bits per heavy atom. The van der Waals surface area contributed by atoms with Crippen LogP contribution in [0.25, 0.3) is 21.5 Å². The van der Waals surface area contributed by atoms with Crippen molar-refractivity contribution in [2.45, 2.75) is 19.3 Å². The number of carbonyl (C=O) groups excluding carboxylic acids is 2. The summed E-state index contributed by atoms with van der Waals surface area (Å²) >= 11 is 7.59. The van der Waals surface area contributed by atoms with E-state index in [4.69, 9.17) is 16.6 Å². The zero-order valence-electron chi connectivity index (χ0n) is 18.5. The molecule has 2 aliphatic heterocycles. The number of nitrogens with zero attached hydrogens (tertiary/aromatic N) is 4. The number of thiophene rings is 1. The van der Waals surface area contributed by atoms with Crippen LogP contribution in [0.15, 0.2) is 42.5 Å². The van der Waals surface area contributed by atoms with E-state index in [2.05, 4.69) is 4.90 Å². The Hall–Kier alpha value is -2.48. The quantitative estimate of drug-likeness (QED) is 0.553. The van der Waals surface area contributed by atoms with E-state index in [9.17, 15) is 9.59 Å². The van der Waals surface area contributed by atoms with Gasteiger partial charge in [0.15, 0.2) is 0 Å². The minimum Gasteiger partial charge on any atom is -0.342 e. The molecular formula is C25H27ClN4O2S. The normalized spacial score (nSPS) is 17.5. The highest BCUT2D eigenvalue weighted by molar-refractivity contribution is 7.19. The molecule has 0 atom stereocenters. The van der Waals surface area contributed by atoms with Crippen LogP contribution in [-0.2, 0) is 4.79 Å². The van der Waals surface area contributed by atoms with Crippen LogP contribution in [0, 0.1) is 0 Å². The van der Waals surface area contributed by atoms with Gasteiger partial charge in [0.1, 0.15) is 0 Å². The van der Waals surface area contributed by atoms with Crippen molar-refractivity contribution in [3.63, 3.8) is 0 Å². The van der Waals surface area contributed by atoms with Crippen LogP contribution in [-0.4, -0.2) is 77.3 Å². The van der Waals surface area contributed by atoms with Gasteiger partial charge in [-0.25, -0.2) is 4.98 Å². The summed E-state index contributed by atoms with van der Waals surface area (Å²) in [5.74, 6) is 0.230. The molecule has 2 aliphatic rings. The van der Waals surface area contributed by atoms with Crippen molar-refractivity contribution in [1.29, 1.82) is 0 Å². The third-order valence-corrected chi connectivity index (χ3v) is 7.75. The highest BCUT2D eigenvalue weighted by Crippen LogP contribution is 2.32. The number of fused-ring (bicyclic) bond motifs is 1. The second-order valence-corrected chi connectivity index (χ2v) is 10.4. The Balaban J connectivity index is 1.30. The van der Waals surface area contributed by atoms with Crippen LogP contribution >= 0.6 is 22.9 Å². The Morgan fingerprint density at radius 2 is 1.67 bits per heavy atom. The molecule has 172 valence electrons. The molecule has 2 fully saturated rings. The molecule has 2 amide bonds. The number of aromatic nitrogens is 1. The lowest BCUT2D eigenvalue weighted by Crippen LogP contribution is -2.52. The largest absolute Gasteiger partial charge is 0.342 e. The number of hydrogen-bond donors (Lipinski definition) is 0. The van der Waals surface area contributed by atoms with Crippen molar-refractivity contribution >= 4 is 45.7 Å². The molecule has 2 saturated heterocycles. The molecule has 33 heavy (non-hydrogen) atoms. The van der Waals surface area contributed by atoms with Gasteiger partial charge in [0.25, 0.3) is 5.91 Å². The number of benzene rings is 1. The summed E-state index contributed by atoms with van der Waals surface area (Å²) in [6.45, 7) is 4.85. The first kappa shape index (κ1) is 22.3. The summed E-state index contributed by atoms with van der Waals surface area (Å²) in [6, 6.07) is 13.4. The Bertz CT molecular complexity index is 1170. The van der Waals surface area contributed by atoms with Crippen molar-refractivity contribution in [3.8, 4) is 10.6 Å². The van der Waals surface area contributed by atoms with E-state index in [0.717, 1.165) is 47.4 Å². The van der Waals surface area contributed by atoms with Crippen molar-refractivity contribution < 1.29 is 9.59 Å². The molecule has 0 spiro atoms. The SMILES string of the molecule is O=C(CN1CCN(C(=O)c2cc(-c3ccc(Cl)s3)nc3ccccc23)CC1)N1CCCCC1. The van der Waals surface area contributed by atoms with Gasteiger partial charge < -0.3 is 9.80 Å². The number of hydrogen-bond acceptors (Lipinski definition) is 5. The third kappa shape index (κ3) is 4.90.